The number of hydrogen-bond acceptors (Lipinski definition) is 9. The standard InChI is InChI=1S/C38H40N2O4.C29H29NO4.C9H13NO/c1-24-26(3)40(23-27-12-14-29(15-13-27)32-10-8-9-11-33(32)37(42)44-38(4,5)6)35-21-18-30(22-34(24)35)36(41)39-25(2)28-16-19-31(43-7)20-17-28;1-18-19(2)30(26-15-14-22(27(31)32)16-25(18)26)17-20-10-12-21(13-11-20)23-8-6-7-9-24(23)28(33)34-29(3,4)5;1-7(10)8-3-5-9(11-2)6-4-8/h8-22,25H,23H2,1-7H3,(H,39,41);6-16H,17H2,1-5H3,(H,31,32);3-7H,10H2,1-2H3/t25-;;7-/m0.0/s1. The van der Waals surface area contributed by atoms with E-state index in [0.717, 1.165) is 100 Å². The first kappa shape index (κ1) is 65.3. The van der Waals surface area contributed by atoms with Gasteiger partial charge in [0.25, 0.3) is 5.91 Å². The second kappa shape index (κ2) is 28.0. The molecule has 0 radical (unpaired) electrons. The maximum Gasteiger partial charge on any atom is 0.339 e. The summed E-state index contributed by atoms with van der Waals surface area (Å²) in [5.41, 5.74) is 21.1. The number of benzene rings is 8. The number of carbonyl (C=O) groups excluding carboxylic acids is 3. The molecule has 2 heterocycles. The highest BCUT2D eigenvalue weighted by atomic mass is 16.6. The van der Waals surface area contributed by atoms with E-state index < -0.39 is 17.2 Å². The van der Waals surface area contributed by atoms with Crippen molar-refractivity contribution in [3.8, 4) is 33.8 Å². The van der Waals surface area contributed by atoms with Crippen LogP contribution in [0.15, 0.2) is 182 Å². The number of amides is 1. The third kappa shape index (κ3) is 16.1. The molecule has 4 N–H and O–H groups in total. The van der Waals surface area contributed by atoms with Gasteiger partial charge in [0, 0.05) is 57.9 Å². The fraction of sp³-hybridized carbons (Fsp3) is 0.263. The Hall–Kier alpha value is -9.72. The molecule has 89 heavy (non-hydrogen) atoms. The number of fused-ring (bicyclic) bond motifs is 2. The number of nitrogens with one attached hydrogen (secondary N) is 1. The van der Waals surface area contributed by atoms with Crippen molar-refractivity contribution in [3.63, 3.8) is 0 Å². The highest BCUT2D eigenvalue weighted by Gasteiger charge is 2.24. The molecule has 2 atom stereocenters. The molecule has 0 unspecified atom stereocenters. The number of methoxy groups -OCH3 is 2. The lowest BCUT2D eigenvalue weighted by Crippen LogP contribution is -2.26. The summed E-state index contributed by atoms with van der Waals surface area (Å²) in [6.45, 7) is 24.8. The number of aromatic carboxylic acids is 1. The summed E-state index contributed by atoms with van der Waals surface area (Å²) < 4.78 is 26.0. The fourth-order valence-electron chi connectivity index (χ4n) is 10.6. The number of aromatic nitrogens is 2. The Bertz CT molecular complexity index is 4140. The molecule has 0 saturated heterocycles. The first-order valence-corrected chi connectivity index (χ1v) is 29.8. The summed E-state index contributed by atoms with van der Waals surface area (Å²) in [6, 6.07) is 58.2. The van der Waals surface area contributed by atoms with Crippen molar-refractivity contribution >= 4 is 45.6 Å². The summed E-state index contributed by atoms with van der Waals surface area (Å²) in [5.74, 6) is -0.0404. The number of hydrogen-bond donors (Lipinski definition) is 3. The van der Waals surface area contributed by atoms with Gasteiger partial charge in [0.1, 0.15) is 22.7 Å². The third-order valence-corrected chi connectivity index (χ3v) is 15.7. The Kier molecular flexibility index (Phi) is 20.5. The third-order valence-electron chi connectivity index (χ3n) is 15.7. The molecule has 1 amide bonds. The van der Waals surface area contributed by atoms with Crippen molar-refractivity contribution < 1.29 is 43.2 Å². The van der Waals surface area contributed by atoms with Gasteiger partial charge in [-0.2, -0.15) is 0 Å². The van der Waals surface area contributed by atoms with E-state index in [1.165, 1.54) is 0 Å². The summed E-state index contributed by atoms with van der Waals surface area (Å²) in [5, 5.41) is 14.5. The van der Waals surface area contributed by atoms with Crippen molar-refractivity contribution in [2.24, 2.45) is 5.73 Å². The van der Waals surface area contributed by atoms with Gasteiger partial charge in [-0.15, -0.1) is 0 Å². The average Bonchev–Trinajstić information content (AvgIpc) is 1.72. The average molecular weight is 1200 g/mol. The van der Waals surface area contributed by atoms with Crippen LogP contribution in [0.5, 0.6) is 11.5 Å². The number of carboxylic acids is 1. The van der Waals surface area contributed by atoms with Gasteiger partial charge < -0.3 is 44.2 Å². The van der Waals surface area contributed by atoms with Gasteiger partial charge >= 0.3 is 17.9 Å². The van der Waals surface area contributed by atoms with Crippen LogP contribution in [0.4, 0.5) is 0 Å². The lowest BCUT2D eigenvalue weighted by molar-refractivity contribution is 0.00578. The molecule has 13 heteroatoms. The van der Waals surface area contributed by atoms with Crippen LogP contribution in [0.1, 0.15) is 154 Å². The first-order valence-electron chi connectivity index (χ1n) is 29.8. The minimum absolute atomic E-state index is 0.0981. The van der Waals surface area contributed by atoms with Gasteiger partial charge in [0.05, 0.1) is 37.0 Å². The predicted molar refractivity (Wildman–Crippen MR) is 357 cm³/mol. The largest absolute Gasteiger partial charge is 0.497 e. The Morgan fingerprint density at radius 1 is 0.506 bits per heavy atom. The number of nitrogens with zero attached hydrogens (tertiary/aromatic N) is 2. The van der Waals surface area contributed by atoms with Gasteiger partial charge in [-0.1, -0.05) is 109 Å². The van der Waals surface area contributed by atoms with Crippen LogP contribution in [0.25, 0.3) is 44.1 Å². The normalized spacial score (nSPS) is 12.0. The molecule has 8 aromatic carbocycles. The number of rotatable bonds is 15. The number of carbonyl (C=O) groups is 4. The van der Waals surface area contributed by atoms with E-state index in [9.17, 15) is 24.3 Å². The van der Waals surface area contributed by atoms with Gasteiger partial charge in [0.15, 0.2) is 0 Å². The summed E-state index contributed by atoms with van der Waals surface area (Å²) in [4.78, 5) is 50.2. The zero-order chi connectivity index (χ0) is 64.5. The van der Waals surface area contributed by atoms with Crippen molar-refractivity contribution in [1.29, 1.82) is 0 Å². The topological polar surface area (TPSA) is 173 Å². The molecular weight excluding hydrogens is 1110 g/mol. The minimum atomic E-state index is -0.922. The van der Waals surface area contributed by atoms with Crippen LogP contribution < -0.4 is 20.5 Å². The van der Waals surface area contributed by atoms with Gasteiger partial charge in [-0.25, -0.2) is 14.4 Å². The van der Waals surface area contributed by atoms with E-state index in [-0.39, 0.29) is 29.9 Å². The zero-order valence-corrected chi connectivity index (χ0v) is 53.6. The molecule has 0 bridgehead atoms. The summed E-state index contributed by atoms with van der Waals surface area (Å²) >= 11 is 0. The molecular formula is C76H82N4O9. The lowest BCUT2D eigenvalue weighted by atomic mass is 9.98. The SMILES string of the molecule is COc1ccc([C@H](C)N)cc1.COc1ccc([C@H](C)NC(=O)c2ccc3c(c2)c(C)c(C)n3Cc2ccc(-c3ccccc3C(=O)OC(C)(C)C)cc2)cc1.Cc1c(C)n(Cc2ccc(-c3ccccc3C(=O)OC(C)(C)C)cc2)c2ccc(C(=O)O)cc12. The van der Waals surface area contributed by atoms with E-state index in [1.54, 1.807) is 32.4 Å². The monoisotopic (exact) mass is 1190 g/mol. The van der Waals surface area contributed by atoms with Gasteiger partial charge in [-0.3, -0.25) is 4.79 Å². The van der Waals surface area contributed by atoms with E-state index in [2.05, 4.69) is 71.6 Å². The maximum atomic E-state index is 13.2. The second-order valence-electron chi connectivity index (χ2n) is 24.4. The van der Waals surface area contributed by atoms with Crippen LogP contribution in [0, 0.1) is 27.7 Å². The molecule has 0 fully saturated rings. The van der Waals surface area contributed by atoms with Crippen molar-refractivity contribution in [2.75, 3.05) is 14.2 Å². The minimum Gasteiger partial charge on any atom is -0.497 e. The molecule has 0 aliphatic carbocycles. The predicted octanol–water partition coefficient (Wildman–Crippen LogP) is 16.8. The molecule has 460 valence electrons. The van der Waals surface area contributed by atoms with E-state index in [0.29, 0.717) is 35.3 Å². The highest BCUT2D eigenvalue weighted by molar-refractivity contribution is 6.00. The van der Waals surface area contributed by atoms with Crippen molar-refractivity contribution in [1.82, 2.24) is 14.5 Å². The quantitative estimate of drug-likeness (QED) is 0.0839. The molecule has 10 aromatic rings. The van der Waals surface area contributed by atoms with Gasteiger partial charge in [0.2, 0.25) is 0 Å². The second-order valence-corrected chi connectivity index (χ2v) is 24.4. The highest BCUT2D eigenvalue weighted by Crippen LogP contribution is 2.33. The van der Waals surface area contributed by atoms with E-state index in [1.807, 2.05) is 190 Å². The summed E-state index contributed by atoms with van der Waals surface area (Å²) in [6.07, 6.45) is 0. The van der Waals surface area contributed by atoms with E-state index >= 15 is 0 Å². The van der Waals surface area contributed by atoms with Crippen LogP contribution in [-0.2, 0) is 22.6 Å². The van der Waals surface area contributed by atoms with Gasteiger partial charge in [-0.05, 0) is 212 Å². The maximum absolute atomic E-state index is 13.2. The molecule has 10 rings (SSSR count). The molecule has 0 saturated carbocycles. The lowest BCUT2D eigenvalue weighted by Gasteiger charge is -2.20. The number of aryl methyl sites for hydroxylation is 2. The molecule has 13 nitrogen and oxygen atoms in total. The number of carboxylic acid groups (broad SMARTS) is 1. The molecule has 0 spiro atoms. The smallest absolute Gasteiger partial charge is 0.339 e. The first-order chi connectivity index (χ1) is 42.2. The number of nitrogens with two attached hydrogens (primary N) is 1. The van der Waals surface area contributed by atoms with Crippen LogP contribution >= 0.6 is 0 Å². The molecule has 2 aromatic heterocycles. The Labute approximate surface area is 523 Å². The van der Waals surface area contributed by atoms with Crippen LogP contribution in [0.2, 0.25) is 0 Å². The number of esters is 2. The molecule has 0 aliphatic heterocycles. The zero-order valence-electron chi connectivity index (χ0n) is 53.6. The Morgan fingerprint density at radius 3 is 1.27 bits per heavy atom. The summed E-state index contributed by atoms with van der Waals surface area (Å²) in [7, 11) is 3.29. The van der Waals surface area contributed by atoms with Crippen molar-refractivity contribution in [3.05, 3.63) is 249 Å². The Balaban J connectivity index is 0.000000201. The van der Waals surface area contributed by atoms with Crippen molar-refractivity contribution in [2.45, 2.75) is 119 Å². The van der Waals surface area contributed by atoms with Crippen LogP contribution in [0.3, 0.4) is 0 Å². The Morgan fingerprint density at radius 2 is 0.888 bits per heavy atom. The fourth-order valence-corrected chi connectivity index (χ4v) is 10.6. The van der Waals surface area contributed by atoms with Crippen LogP contribution in [-0.4, -0.2) is 63.5 Å². The van der Waals surface area contributed by atoms with E-state index in [4.69, 9.17) is 24.7 Å². The number of ether oxygens (including phenoxy) is 4. The molecule has 0 aliphatic rings.